The van der Waals surface area contributed by atoms with Crippen LogP contribution < -0.4 is 10.2 Å². The molecule has 1 fully saturated rings. The molecule has 1 aliphatic carbocycles. The minimum absolute atomic E-state index is 0.0475. The maximum atomic E-state index is 13.1. The molecule has 0 bridgehead atoms. The van der Waals surface area contributed by atoms with Crippen LogP contribution in [0.2, 0.25) is 0 Å². The third-order valence-corrected chi connectivity index (χ3v) is 8.56. The molecule has 1 saturated carbocycles. The van der Waals surface area contributed by atoms with Crippen molar-refractivity contribution in [2.45, 2.75) is 57.2 Å². The standard InChI is InChI=1S/C33H32F3N3O3S/c34-33(35,36)27-14-10-25(11-15-27)29-21-43-32(38-29)39(28-16-12-24(13-17-28)23-4-2-1-3-5-23)20-22-6-8-26(9-7-22)31(42)37-19-18-30(40)41/h6-17,21,23H,1-5,18-20H2,(H,37,42)(H,40,41). The van der Waals surface area contributed by atoms with Gasteiger partial charge >= 0.3 is 12.1 Å². The number of alkyl halides is 3. The topological polar surface area (TPSA) is 82.5 Å². The average molecular weight is 608 g/mol. The number of nitrogens with zero attached hydrogens (tertiary/aromatic N) is 2. The molecule has 0 saturated heterocycles. The monoisotopic (exact) mass is 607 g/mol. The molecule has 0 atom stereocenters. The van der Waals surface area contributed by atoms with Crippen molar-refractivity contribution in [3.8, 4) is 11.3 Å². The highest BCUT2D eigenvalue weighted by atomic mass is 32.1. The molecule has 224 valence electrons. The van der Waals surface area contributed by atoms with Gasteiger partial charge in [0.05, 0.1) is 24.2 Å². The molecule has 6 nitrogen and oxygen atoms in total. The van der Waals surface area contributed by atoms with Gasteiger partial charge in [-0.15, -0.1) is 11.3 Å². The minimum atomic E-state index is -4.40. The Kier molecular flexibility index (Phi) is 9.45. The smallest absolute Gasteiger partial charge is 0.416 e. The summed E-state index contributed by atoms with van der Waals surface area (Å²) in [4.78, 5) is 30.0. The number of carbonyl (C=O) groups excluding carboxylic acids is 1. The van der Waals surface area contributed by atoms with Crippen LogP contribution >= 0.6 is 11.3 Å². The van der Waals surface area contributed by atoms with Crippen molar-refractivity contribution in [2.24, 2.45) is 0 Å². The van der Waals surface area contributed by atoms with Crippen LogP contribution in [0, 0.1) is 0 Å². The van der Waals surface area contributed by atoms with Crippen molar-refractivity contribution < 1.29 is 27.9 Å². The molecule has 0 unspecified atom stereocenters. The van der Waals surface area contributed by atoms with Gasteiger partial charge in [-0.1, -0.05) is 55.7 Å². The summed E-state index contributed by atoms with van der Waals surface area (Å²) >= 11 is 1.41. The molecule has 10 heteroatoms. The summed E-state index contributed by atoms with van der Waals surface area (Å²) in [5.74, 6) is -0.758. The molecule has 5 rings (SSSR count). The zero-order valence-corrected chi connectivity index (χ0v) is 24.3. The van der Waals surface area contributed by atoms with E-state index in [1.165, 1.54) is 61.1 Å². The Hall–Kier alpha value is -4.18. The number of aliphatic carboxylic acids is 1. The van der Waals surface area contributed by atoms with Gasteiger partial charge in [-0.3, -0.25) is 9.59 Å². The summed E-state index contributed by atoms with van der Waals surface area (Å²) in [7, 11) is 0. The third kappa shape index (κ3) is 7.81. The molecule has 0 radical (unpaired) electrons. The number of aromatic nitrogens is 1. The summed E-state index contributed by atoms with van der Waals surface area (Å²) < 4.78 is 39.2. The number of hydrogen-bond donors (Lipinski definition) is 2. The first kappa shape index (κ1) is 30.3. The van der Waals surface area contributed by atoms with E-state index in [1.807, 2.05) is 17.5 Å². The lowest BCUT2D eigenvalue weighted by molar-refractivity contribution is -0.138. The van der Waals surface area contributed by atoms with Crippen molar-refractivity contribution in [1.82, 2.24) is 10.3 Å². The molecule has 1 amide bonds. The van der Waals surface area contributed by atoms with Gasteiger partial charge in [0.1, 0.15) is 0 Å². The lowest BCUT2D eigenvalue weighted by Gasteiger charge is -2.25. The fourth-order valence-electron chi connectivity index (χ4n) is 5.31. The molecule has 4 aromatic rings. The number of thiazole rings is 1. The zero-order chi connectivity index (χ0) is 30.4. The summed E-state index contributed by atoms with van der Waals surface area (Å²) in [6.07, 6.45) is 1.62. The van der Waals surface area contributed by atoms with Crippen LogP contribution in [0.3, 0.4) is 0 Å². The van der Waals surface area contributed by atoms with Gasteiger partial charge in [-0.25, -0.2) is 4.98 Å². The average Bonchev–Trinajstić information content (AvgIpc) is 3.50. The first-order valence-electron chi connectivity index (χ1n) is 14.3. The van der Waals surface area contributed by atoms with Gasteiger partial charge < -0.3 is 15.3 Å². The van der Waals surface area contributed by atoms with E-state index >= 15 is 0 Å². The highest BCUT2D eigenvalue weighted by Crippen LogP contribution is 2.37. The Morgan fingerprint density at radius 2 is 1.60 bits per heavy atom. The predicted octanol–water partition coefficient (Wildman–Crippen LogP) is 8.42. The Balaban J connectivity index is 1.39. The number of halogens is 3. The number of rotatable bonds is 10. The van der Waals surface area contributed by atoms with Crippen LogP contribution in [-0.4, -0.2) is 28.5 Å². The summed E-state index contributed by atoms with van der Waals surface area (Å²) in [6, 6.07) is 20.6. The van der Waals surface area contributed by atoms with E-state index in [2.05, 4.69) is 34.5 Å². The molecule has 3 aromatic carbocycles. The molecular weight excluding hydrogens is 575 g/mol. The number of anilines is 2. The minimum Gasteiger partial charge on any atom is -0.481 e. The van der Waals surface area contributed by atoms with Gasteiger partial charge in [-0.2, -0.15) is 13.2 Å². The molecule has 0 spiro atoms. The molecular formula is C33H32F3N3O3S. The normalized spacial score (nSPS) is 13.9. The second-order valence-electron chi connectivity index (χ2n) is 10.7. The number of carboxylic acids is 1. The number of benzene rings is 3. The largest absolute Gasteiger partial charge is 0.481 e. The van der Waals surface area contributed by atoms with Crippen molar-refractivity contribution in [2.75, 3.05) is 11.4 Å². The zero-order valence-electron chi connectivity index (χ0n) is 23.4. The SMILES string of the molecule is O=C(O)CCNC(=O)c1ccc(CN(c2ccc(C3CCCCC3)cc2)c2nc(-c3ccc(C(F)(F)F)cc3)cs2)cc1. The highest BCUT2D eigenvalue weighted by Gasteiger charge is 2.30. The van der Waals surface area contributed by atoms with E-state index in [9.17, 15) is 22.8 Å². The van der Waals surface area contributed by atoms with E-state index in [1.54, 1.807) is 12.1 Å². The summed E-state index contributed by atoms with van der Waals surface area (Å²) in [5.41, 5.74) is 4.09. The van der Waals surface area contributed by atoms with Crippen molar-refractivity contribution in [3.63, 3.8) is 0 Å². The second-order valence-corrected chi connectivity index (χ2v) is 11.5. The summed E-state index contributed by atoms with van der Waals surface area (Å²) in [6.45, 7) is 0.496. The van der Waals surface area contributed by atoms with Gasteiger partial charge in [0.25, 0.3) is 5.91 Å². The van der Waals surface area contributed by atoms with Gasteiger partial charge in [0.15, 0.2) is 5.13 Å². The van der Waals surface area contributed by atoms with E-state index in [-0.39, 0.29) is 18.9 Å². The van der Waals surface area contributed by atoms with Crippen LogP contribution in [0.15, 0.2) is 78.2 Å². The summed E-state index contributed by atoms with van der Waals surface area (Å²) in [5, 5.41) is 13.9. The molecule has 1 aromatic heterocycles. The maximum absolute atomic E-state index is 13.1. The van der Waals surface area contributed by atoms with Gasteiger partial charge in [0, 0.05) is 28.7 Å². The predicted molar refractivity (Wildman–Crippen MR) is 162 cm³/mol. The lowest BCUT2D eigenvalue weighted by atomic mass is 9.84. The lowest BCUT2D eigenvalue weighted by Crippen LogP contribution is -2.26. The fourth-order valence-corrected chi connectivity index (χ4v) is 6.17. The van der Waals surface area contributed by atoms with Crippen molar-refractivity contribution in [1.29, 1.82) is 0 Å². The Morgan fingerprint density at radius 3 is 2.23 bits per heavy atom. The Bertz CT molecular complexity index is 1530. The van der Waals surface area contributed by atoms with Crippen LogP contribution in [0.1, 0.15) is 71.5 Å². The Morgan fingerprint density at radius 1 is 0.930 bits per heavy atom. The number of carbonyl (C=O) groups is 2. The molecule has 43 heavy (non-hydrogen) atoms. The van der Waals surface area contributed by atoms with Crippen LogP contribution in [0.4, 0.5) is 24.0 Å². The van der Waals surface area contributed by atoms with Gasteiger partial charge in [-0.05, 0) is 66.3 Å². The number of amides is 1. The number of hydrogen-bond acceptors (Lipinski definition) is 5. The molecule has 2 N–H and O–H groups in total. The van der Waals surface area contributed by atoms with Crippen LogP contribution in [0.5, 0.6) is 0 Å². The highest BCUT2D eigenvalue weighted by molar-refractivity contribution is 7.14. The second kappa shape index (κ2) is 13.4. The van der Waals surface area contributed by atoms with E-state index < -0.39 is 17.7 Å². The quantitative estimate of drug-likeness (QED) is 0.189. The van der Waals surface area contributed by atoms with Crippen molar-refractivity contribution in [3.05, 3.63) is 100 Å². The van der Waals surface area contributed by atoms with Crippen molar-refractivity contribution >= 4 is 34.0 Å². The first-order valence-corrected chi connectivity index (χ1v) is 15.1. The van der Waals surface area contributed by atoms with E-state index in [4.69, 9.17) is 10.1 Å². The third-order valence-electron chi connectivity index (χ3n) is 7.69. The number of carboxylic acid groups (broad SMARTS) is 1. The molecule has 1 aliphatic rings. The van der Waals surface area contributed by atoms with Crippen LogP contribution in [-0.2, 0) is 17.5 Å². The van der Waals surface area contributed by atoms with Crippen LogP contribution in [0.25, 0.3) is 11.3 Å². The molecule has 1 heterocycles. The number of nitrogens with one attached hydrogen (secondary N) is 1. The fraction of sp³-hybridized carbons (Fsp3) is 0.303. The Labute approximate surface area is 252 Å². The maximum Gasteiger partial charge on any atom is 0.416 e. The van der Waals surface area contributed by atoms with E-state index in [0.29, 0.717) is 34.4 Å². The molecule has 0 aliphatic heterocycles. The first-order chi connectivity index (χ1) is 20.7. The van der Waals surface area contributed by atoms with E-state index in [0.717, 1.165) is 23.4 Å². The van der Waals surface area contributed by atoms with Gasteiger partial charge in [0.2, 0.25) is 0 Å².